The molecule has 1 aromatic heterocycles. The molecule has 0 aliphatic carbocycles. The lowest BCUT2D eigenvalue weighted by Gasteiger charge is -2.38. The smallest absolute Gasteiger partial charge is 0.369 e. The van der Waals surface area contributed by atoms with Gasteiger partial charge < -0.3 is 14.4 Å². The summed E-state index contributed by atoms with van der Waals surface area (Å²) in [5, 5.41) is 8.43. The zero-order chi connectivity index (χ0) is 22.5. The topological polar surface area (TPSA) is 84.9 Å². The van der Waals surface area contributed by atoms with Crippen LogP contribution in [0.25, 0.3) is 0 Å². The number of amides is 2. The molecule has 8 nitrogen and oxygen atoms in total. The molecule has 1 saturated heterocycles. The van der Waals surface area contributed by atoms with Crippen LogP contribution in [0.2, 0.25) is 0 Å². The number of terminal acetylenes is 1. The maximum atomic E-state index is 13.2. The number of urea groups is 1. The van der Waals surface area contributed by atoms with Crippen molar-refractivity contribution >= 4 is 39.6 Å². The van der Waals surface area contributed by atoms with Crippen molar-refractivity contribution < 1.29 is 19.1 Å². The van der Waals surface area contributed by atoms with E-state index in [1.807, 2.05) is 0 Å². The highest BCUT2D eigenvalue weighted by atomic mass is 32.2. The fourth-order valence-electron chi connectivity index (χ4n) is 2.77. The summed E-state index contributed by atoms with van der Waals surface area (Å²) in [5.41, 5.74) is 0. The van der Waals surface area contributed by atoms with Crippen LogP contribution in [0, 0.1) is 24.2 Å². The summed E-state index contributed by atoms with van der Waals surface area (Å²) in [5.74, 6) is 8.82. The predicted molar refractivity (Wildman–Crippen MR) is 123 cm³/mol. The normalized spacial score (nSPS) is 15.8. The third-order valence-corrected chi connectivity index (χ3v) is 5.92. The van der Waals surface area contributed by atoms with Crippen LogP contribution >= 0.6 is 23.1 Å². The van der Waals surface area contributed by atoms with Crippen LogP contribution in [-0.4, -0.2) is 58.1 Å². The lowest BCUT2D eigenvalue weighted by molar-refractivity contribution is 0.0879. The van der Waals surface area contributed by atoms with Crippen LogP contribution in [0.1, 0.15) is 52.4 Å². The second kappa shape index (κ2) is 13.8. The monoisotopic (exact) mass is 464 g/mol. The number of nitrogens with zero attached hydrogens (tertiary/aromatic N) is 4. The number of aromatic nitrogens is 2. The van der Waals surface area contributed by atoms with Gasteiger partial charge in [0.25, 0.3) is 5.19 Å². The molecule has 168 valence electrons. The Morgan fingerprint density at radius 3 is 2.94 bits per heavy atom. The fraction of sp³-hybridized carbons (Fsp3) is 0.619. The predicted octanol–water partition coefficient (Wildman–Crippen LogP) is 4.37. The van der Waals surface area contributed by atoms with E-state index in [9.17, 15) is 9.59 Å². The Kier molecular flexibility index (Phi) is 11.0. The quantitative estimate of drug-likeness (QED) is 0.273. The summed E-state index contributed by atoms with van der Waals surface area (Å²) in [7, 11) is 0. The SMILES string of the molecule is C#CCCSC(=O)OC1CCN(CCCC#CC)C(=O)N1c1nnc(OCCCC)s1. The second-order valence-electron chi connectivity index (χ2n) is 6.64. The van der Waals surface area contributed by atoms with Gasteiger partial charge in [-0.05, 0) is 42.9 Å². The minimum atomic E-state index is -0.749. The molecule has 0 N–H and O–H groups in total. The van der Waals surface area contributed by atoms with Gasteiger partial charge in [-0.2, -0.15) is 0 Å². The Morgan fingerprint density at radius 1 is 1.35 bits per heavy atom. The summed E-state index contributed by atoms with van der Waals surface area (Å²) < 4.78 is 11.2. The molecule has 10 heteroatoms. The van der Waals surface area contributed by atoms with Gasteiger partial charge in [0, 0.05) is 38.1 Å². The molecule has 1 unspecified atom stereocenters. The molecule has 2 rings (SSSR count). The van der Waals surface area contributed by atoms with Gasteiger partial charge in [0.2, 0.25) is 5.13 Å². The van der Waals surface area contributed by atoms with Gasteiger partial charge in [-0.1, -0.05) is 18.4 Å². The molecule has 1 aliphatic rings. The zero-order valence-electron chi connectivity index (χ0n) is 18.0. The Balaban J connectivity index is 2.11. The minimum Gasteiger partial charge on any atom is -0.469 e. The van der Waals surface area contributed by atoms with E-state index in [2.05, 4.69) is 34.9 Å². The summed E-state index contributed by atoms with van der Waals surface area (Å²) in [6.45, 7) is 5.46. The van der Waals surface area contributed by atoms with Crippen LogP contribution < -0.4 is 9.64 Å². The second-order valence-corrected chi connectivity index (χ2v) is 8.59. The zero-order valence-corrected chi connectivity index (χ0v) is 19.6. The first-order valence-corrected chi connectivity index (χ1v) is 12.1. The van der Waals surface area contributed by atoms with E-state index in [0.29, 0.717) is 48.6 Å². The lowest BCUT2D eigenvalue weighted by Crippen LogP contribution is -2.56. The van der Waals surface area contributed by atoms with Crippen LogP contribution in [0.4, 0.5) is 14.7 Å². The number of carbonyl (C=O) groups is 2. The highest BCUT2D eigenvalue weighted by Gasteiger charge is 2.38. The number of anilines is 1. The molecule has 1 fully saturated rings. The molecule has 1 aromatic rings. The molecule has 0 bridgehead atoms. The summed E-state index contributed by atoms with van der Waals surface area (Å²) in [6.07, 6.45) is 8.82. The fourth-order valence-corrected chi connectivity index (χ4v) is 4.10. The largest absolute Gasteiger partial charge is 0.469 e. The molecule has 1 atom stereocenters. The van der Waals surface area contributed by atoms with Crippen molar-refractivity contribution in [3.63, 3.8) is 0 Å². The van der Waals surface area contributed by atoms with Crippen molar-refractivity contribution in [3.8, 4) is 29.4 Å². The summed E-state index contributed by atoms with van der Waals surface area (Å²) >= 11 is 2.17. The minimum absolute atomic E-state index is 0.265. The molecular formula is C21H28N4O4S2. The third kappa shape index (κ3) is 7.97. The third-order valence-electron chi connectivity index (χ3n) is 4.34. The van der Waals surface area contributed by atoms with Crippen LogP contribution in [0.5, 0.6) is 5.19 Å². The number of carbonyl (C=O) groups excluding carboxylic acids is 2. The van der Waals surface area contributed by atoms with Crippen molar-refractivity contribution in [2.45, 2.75) is 58.6 Å². The van der Waals surface area contributed by atoms with Gasteiger partial charge in [-0.15, -0.1) is 29.3 Å². The van der Waals surface area contributed by atoms with Crippen molar-refractivity contribution in [3.05, 3.63) is 0 Å². The molecule has 0 spiro atoms. The van der Waals surface area contributed by atoms with E-state index >= 15 is 0 Å². The van der Waals surface area contributed by atoms with Crippen LogP contribution in [0.3, 0.4) is 0 Å². The van der Waals surface area contributed by atoms with Crippen LogP contribution in [0.15, 0.2) is 0 Å². The molecule has 2 heterocycles. The Hall–Kier alpha value is -2.43. The first kappa shape index (κ1) is 24.8. The highest BCUT2D eigenvalue weighted by molar-refractivity contribution is 8.13. The summed E-state index contributed by atoms with van der Waals surface area (Å²) in [6, 6.07) is -0.265. The van der Waals surface area contributed by atoms with E-state index in [1.165, 1.54) is 16.2 Å². The highest BCUT2D eigenvalue weighted by Crippen LogP contribution is 2.32. The van der Waals surface area contributed by atoms with Gasteiger partial charge in [0.05, 0.1) is 6.61 Å². The molecule has 2 amide bonds. The number of hydrogen-bond acceptors (Lipinski definition) is 8. The van der Waals surface area contributed by atoms with E-state index in [0.717, 1.165) is 37.4 Å². The Morgan fingerprint density at radius 2 is 2.19 bits per heavy atom. The number of ether oxygens (including phenoxy) is 2. The van der Waals surface area contributed by atoms with Gasteiger partial charge in [-0.25, -0.2) is 14.5 Å². The number of rotatable bonds is 11. The number of thioether (sulfide) groups is 1. The van der Waals surface area contributed by atoms with Crippen LogP contribution in [-0.2, 0) is 4.74 Å². The number of unbranched alkanes of at least 4 members (excludes halogenated alkanes) is 2. The Bertz CT molecular complexity index is 827. The molecule has 1 aliphatic heterocycles. The van der Waals surface area contributed by atoms with E-state index in [1.54, 1.807) is 11.8 Å². The number of hydrogen-bond donors (Lipinski definition) is 0. The molecule has 0 aromatic carbocycles. The molecular weight excluding hydrogens is 436 g/mol. The standard InChI is InChI=1S/C21H28N4O4S2/c1-4-7-10-11-13-24-14-12-17(29-21(27)30-16-9-6-3)25(20(24)26)18-22-23-19(31-18)28-15-8-5-2/h3,17H,5,8-16H2,1-2H3. The maximum Gasteiger partial charge on any atom is 0.369 e. The van der Waals surface area contributed by atoms with Gasteiger partial charge >= 0.3 is 11.3 Å². The van der Waals surface area contributed by atoms with E-state index in [4.69, 9.17) is 15.9 Å². The molecule has 31 heavy (non-hydrogen) atoms. The van der Waals surface area contributed by atoms with Crippen molar-refractivity contribution in [2.24, 2.45) is 0 Å². The first-order chi connectivity index (χ1) is 15.1. The average molecular weight is 465 g/mol. The van der Waals surface area contributed by atoms with Gasteiger partial charge in [0.1, 0.15) is 0 Å². The molecule has 0 radical (unpaired) electrons. The van der Waals surface area contributed by atoms with Gasteiger partial charge in [0.15, 0.2) is 6.23 Å². The lowest BCUT2D eigenvalue weighted by atomic mass is 10.2. The van der Waals surface area contributed by atoms with Crippen molar-refractivity contribution in [2.75, 3.05) is 30.3 Å². The van der Waals surface area contributed by atoms with Crippen molar-refractivity contribution in [1.29, 1.82) is 0 Å². The average Bonchev–Trinajstić information content (AvgIpc) is 3.21. The summed E-state index contributed by atoms with van der Waals surface area (Å²) in [4.78, 5) is 28.6. The maximum absolute atomic E-state index is 13.2. The van der Waals surface area contributed by atoms with E-state index in [-0.39, 0.29) is 6.03 Å². The van der Waals surface area contributed by atoms with E-state index < -0.39 is 11.5 Å². The Labute approximate surface area is 192 Å². The molecule has 0 saturated carbocycles. The van der Waals surface area contributed by atoms with Gasteiger partial charge in [-0.3, -0.25) is 0 Å². The van der Waals surface area contributed by atoms with Crippen molar-refractivity contribution in [1.82, 2.24) is 15.1 Å². The first-order valence-electron chi connectivity index (χ1n) is 10.3.